The summed E-state index contributed by atoms with van der Waals surface area (Å²) in [4.78, 5) is 12.0. The standard InChI is InChI=1S/C22H18Br2N2O4/c1-29-20-10-14(9-18(24)22(20)28)12-25-26-21(27)13-30-19-8-7-16(11-17(19)23)15-5-3-2-4-6-15/h2-12,28H,13H2,1H3,(H,26,27)/b25-12+. The highest BCUT2D eigenvalue weighted by molar-refractivity contribution is 9.10. The molecular formula is C22H18Br2N2O4. The van der Waals surface area contributed by atoms with Crippen LogP contribution in [0.4, 0.5) is 0 Å². The minimum atomic E-state index is -0.407. The molecule has 0 saturated carbocycles. The van der Waals surface area contributed by atoms with Gasteiger partial charge in [0.15, 0.2) is 18.1 Å². The van der Waals surface area contributed by atoms with Crippen molar-refractivity contribution in [1.82, 2.24) is 5.43 Å². The van der Waals surface area contributed by atoms with Crippen molar-refractivity contribution in [2.75, 3.05) is 13.7 Å². The Kier molecular flexibility index (Phi) is 7.48. The minimum Gasteiger partial charge on any atom is -0.503 e. The van der Waals surface area contributed by atoms with E-state index in [9.17, 15) is 9.90 Å². The Balaban J connectivity index is 1.56. The van der Waals surface area contributed by atoms with Crippen LogP contribution in [0.5, 0.6) is 17.2 Å². The summed E-state index contributed by atoms with van der Waals surface area (Å²) in [7, 11) is 1.45. The largest absolute Gasteiger partial charge is 0.503 e. The number of aromatic hydroxyl groups is 1. The van der Waals surface area contributed by atoms with Crippen LogP contribution in [0.25, 0.3) is 11.1 Å². The Morgan fingerprint density at radius 3 is 2.50 bits per heavy atom. The lowest BCUT2D eigenvalue weighted by atomic mass is 10.1. The van der Waals surface area contributed by atoms with Crippen molar-refractivity contribution in [3.05, 3.63) is 75.2 Å². The van der Waals surface area contributed by atoms with Gasteiger partial charge in [0, 0.05) is 0 Å². The van der Waals surface area contributed by atoms with Gasteiger partial charge in [-0.25, -0.2) is 5.43 Å². The van der Waals surface area contributed by atoms with Crippen LogP contribution in [0.2, 0.25) is 0 Å². The average Bonchev–Trinajstić information content (AvgIpc) is 2.75. The maximum absolute atomic E-state index is 12.0. The maximum atomic E-state index is 12.0. The number of rotatable bonds is 7. The lowest BCUT2D eigenvalue weighted by Crippen LogP contribution is -2.24. The Bertz CT molecular complexity index is 1070. The number of hydrogen-bond donors (Lipinski definition) is 2. The first-order chi connectivity index (χ1) is 14.5. The van der Waals surface area contributed by atoms with E-state index >= 15 is 0 Å². The summed E-state index contributed by atoms with van der Waals surface area (Å²) in [6.45, 7) is -0.191. The second kappa shape index (κ2) is 10.3. The number of nitrogens with zero attached hydrogens (tertiary/aromatic N) is 1. The zero-order valence-corrected chi connectivity index (χ0v) is 19.1. The minimum absolute atomic E-state index is 0.00375. The summed E-state index contributed by atoms with van der Waals surface area (Å²) in [5, 5.41) is 13.7. The molecular weight excluding hydrogens is 516 g/mol. The highest BCUT2D eigenvalue weighted by atomic mass is 79.9. The molecule has 6 nitrogen and oxygen atoms in total. The van der Waals surface area contributed by atoms with E-state index < -0.39 is 5.91 Å². The van der Waals surface area contributed by atoms with Crippen LogP contribution in [0.15, 0.2) is 74.7 Å². The lowest BCUT2D eigenvalue weighted by Gasteiger charge is -2.09. The topological polar surface area (TPSA) is 80.2 Å². The Morgan fingerprint density at radius 1 is 1.03 bits per heavy atom. The van der Waals surface area contributed by atoms with Crippen LogP contribution in [-0.4, -0.2) is 30.9 Å². The molecule has 0 radical (unpaired) electrons. The van der Waals surface area contributed by atoms with E-state index in [1.165, 1.54) is 13.3 Å². The van der Waals surface area contributed by atoms with Crippen LogP contribution in [0.1, 0.15) is 5.56 Å². The van der Waals surface area contributed by atoms with E-state index in [4.69, 9.17) is 9.47 Å². The Morgan fingerprint density at radius 2 is 1.80 bits per heavy atom. The summed E-state index contributed by atoms with van der Waals surface area (Å²) in [5.74, 6) is 0.441. The Labute approximate surface area is 190 Å². The maximum Gasteiger partial charge on any atom is 0.277 e. The second-order valence-electron chi connectivity index (χ2n) is 6.15. The summed E-state index contributed by atoms with van der Waals surface area (Å²) in [6.07, 6.45) is 1.44. The summed E-state index contributed by atoms with van der Waals surface area (Å²) in [6, 6.07) is 18.9. The van der Waals surface area contributed by atoms with E-state index in [1.54, 1.807) is 12.1 Å². The van der Waals surface area contributed by atoms with Crippen LogP contribution in [0.3, 0.4) is 0 Å². The Hall–Kier alpha value is -2.84. The number of halogens is 2. The van der Waals surface area contributed by atoms with Gasteiger partial charge < -0.3 is 14.6 Å². The van der Waals surface area contributed by atoms with Crippen molar-refractivity contribution in [3.63, 3.8) is 0 Å². The van der Waals surface area contributed by atoms with Crippen LogP contribution in [-0.2, 0) is 4.79 Å². The highest BCUT2D eigenvalue weighted by Gasteiger charge is 2.09. The molecule has 3 aromatic rings. The number of phenols is 1. The predicted molar refractivity (Wildman–Crippen MR) is 123 cm³/mol. The van der Waals surface area contributed by atoms with E-state index in [2.05, 4.69) is 42.4 Å². The van der Waals surface area contributed by atoms with Crippen molar-refractivity contribution in [3.8, 4) is 28.4 Å². The van der Waals surface area contributed by atoms with Gasteiger partial charge in [-0.15, -0.1) is 0 Å². The fraction of sp³-hybridized carbons (Fsp3) is 0.0909. The molecule has 0 aromatic heterocycles. The number of methoxy groups -OCH3 is 1. The van der Waals surface area contributed by atoms with Gasteiger partial charge in [0.1, 0.15) is 5.75 Å². The second-order valence-corrected chi connectivity index (χ2v) is 7.86. The predicted octanol–water partition coefficient (Wildman–Crippen LogP) is 5.12. The number of carbonyl (C=O) groups is 1. The molecule has 154 valence electrons. The molecule has 0 unspecified atom stereocenters. The van der Waals surface area contributed by atoms with Gasteiger partial charge in [-0.05, 0) is 72.8 Å². The van der Waals surface area contributed by atoms with E-state index in [0.29, 0.717) is 21.5 Å². The van der Waals surface area contributed by atoms with Crippen LogP contribution < -0.4 is 14.9 Å². The summed E-state index contributed by atoms with van der Waals surface area (Å²) >= 11 is 6.71. The molecule has 1 amide bonds. The number of ether oxygens (including phenoxy) is 2. The number of hydrazone groups is 1. The van der Waals surface area contributed by atoms with Crippen molar-refractivity contribution in [2.45, 2.75) is 0 Å². The first kappa shape index (κ1) is 21.9. The quantitative estimate of drug-likeness (QED) is 0.326. The molecule has 8 heteroatoms. The molecule has 3 aromatic carbocycles. The number of amides is 1. The number of nitrogens with one attached hydrogen (secondary N) is 1. The lowest BCUT2D eigenvalue weighted by molar-refractivity contribution is -0.123. The molecule has 0 heterocycles. The summed E-state index contributed by atoms with van der Waals surface area (Å²) < 4.78 is 11.9. The van der Waals surface area contributed by atoms with Gasteiger partial charge in [-0.1, -0.05) is 36.4 Å². The van der Waals surface area contributed by atoms with Gasteiger partial charge >= 0.3 is 0 Å². The van der Waals surface area contributed by atoms with Gasteiger partial charge in [-0.2, -0.15) is 5.10 Å². The average molecular weight is 534 g/mol. The fourth-order valence-corrected chi connectivity index (χ4v) is 3.56. The molecule has 0 fully saturated rings. The zero-order chi connectivity index (χ0) is 21.5. The number of hydrogen-bond acceptors (Lipinski definition) is 5. The third kappa shape index (κ3) is 5.61. The smallest absolute Gasteiger partial charge is 0.277 e. The van der Waals surface area contributed by atoms with E-state index in [0.717, 1.165) is 15.6 Å². The first-order valence-electron chi connectivity index (χ1n) is 8.84. The van der Waals surface area contributed by atoms with Crippen LogP contribution in [0, 0.1) is 0 Å². The van der Waals surface area contributed by atoms with E-state index in [1.807, 2.05) is 48.5 Å². The summed E-state index contributed by atoms with van der Waals surface area (Å²) in [5.41, 5.74) is 5.17. The fourth-order valence-electron chi connectivity index (χ4n) is 2.61. The zero-order valence-electron chi connectivity index (χ0n) is 15.9. The van der Waals surface area contributed by atoms with Gasteiger partial charge in [0.25, 0.3) is 5.91 Å². The third-order valence-corrected chi connectivity index (χ3v) is 5.30. The molecule has 2 N–H and O–H groups in total. The SMILES string of the molecule is COc1cc(/C=N/NC(=O)COc2ccc(-c3ccccc3)cc2Br)cc(Br)c1O. The molecule has 0 aliphatic heterocycles. The molecule has 0 saturated heterocycles. The molecule has 0 spiro atoms. The molecule has 0 aliphatic rings. The number of phenolic OH excluding ortho intramolecular Hbond substituents is 1. The molecule has 0 aliphatic carbocycles. The van der Waals surface area contributed by atoms with E-state index in [-0.39, 0.29) is 12.4 Å². The normalized spacial score (nSPS) is 10.8. The van der Waals surface area contributed by atoms with Crippen LogP contribution >= 0.6 is 31.9 Å². The highest BCUT2D eigenvalue weighted by Crippen LogP contribution is 2.34. The molecule has 0 atom stereocenters. The molecule has 30 heavy (non-hydrogen) atoms. The monoisotopic (exact) mass is 532 g/mol. The number of benzene rings is 3. The molecule has 0 bridgehead atoms. The molecule has 3 rings (SSSR count). The van der Waals surface area contributed by atoms with Crippen molar-refractivity contribution < 1.29 is 19.4 Å². The van der Waals surface area contributed by atoms with Crippen molar-refractivity contribution in [1.29, 1.82) is 0 Å². The van der Waals surface area contributed by atoms with Gasteiger partial charge in [0.2, 0.25) is 0 Å². The van der Waals surface area contributed by atoms with Crippen molar-refractivity contribution >= 4 is 44.0 Å². The first-order valence-corrected chi connectivity index (χ1v) is 10.4. The van der Waals surface area contributed by atoms with Crippen molar-refractivity contribution in [2.24, 2.45) is 5.10 Å². The van der Waals surface area contributed by atoms with Gasteiger partial charge in [0.05, 0.1) is 22.3 Å². The number of carbonyl (C=O) groups excluding carboxylic acids is 1. The third-order valence-electron chi connectivity index (χ3n) is 4.07. The van der Waals surface area contributed by atoms with Gasteiger partial charge in [-0.3, -0.25) is 4.79 Å².